The van der Waals surface area contributed by atoms with Crippen LogP contribution in [0.25, 0.3) is 15.7 Å². The molecule has 1 N–H and O–H groups in total. The van der Waals surface area contributed by atoms with Crippen LogP contribution < -0.4 is 10.1 Å². The molecule has 0 spiro atoms. The van der Waals surface area contributed by atoms with Gasteiger partial charge in [0.25, 0.3) is 0 Å². The van der Waals surface area contributed by atoms with E-state index in [1.54, 1.807) is 35.5 Å². The van der Waals surface area contributed by atoms with Crippen molar-refractivity contribution in [3.05, 3.63) is 53.6 Å². The summed E-state index contributed by atoms with van der Waals surface area (Å²) in [7, 11) is 3.90. The van der Waals surface area contributed by atoms with Crippen LogP contribution in [0.4, 0.5) is 11.5 Å². The number of piperazine rings is 1. The molecule has 2 atom stereocenters. The molecule has 4 aromatic heterocycles. The van der Waals surface area contributed by atoms with Gasteiger partial charge in [0.1, 0.15) is 22.5 Å². The maximum absolute atomic E-state index is 5.73. The van der Waals surface area contributed by atoms with Crippen molar-refractivity contribution < 1.29 is 4.74 Å². The molecule has 1 aliphatic heterocycles. The van der Waals surface area contributed by atoms with E-state index in [-0.39, 0.29) is 0 Å². The summed E-state index contributed by atoms with van der Waals surface area (Å²) in [6, 6.07) is 4.48. The van der Waals surface area contributed by atoms with Crippen molar-refractivity contribution in [3.8, 4) is 5.75 Å². The third-order valence-corrected chi connectivity index (χ3v) is 8.83. The summed E-state index contributed by atoms with van der Waals surface area (Å²) in [5, 5.41) is 8.99. The molecule has 4 aromatic rings. The van der Waals surface area contributed by atoms with Crippen LogP contribution in [0, 0.1) is 5.92 Å². The van der Waals surface area contributed by atoms with Crippen molar-refractivity contribution in [1.82, 2.24) is 29.4 Å². The Morgan fingerprint density at radius 2 is 2.14 bits per heavy atom. The zero-order chi connectivity index (χ0) is 24.1. The zero-order valence-corrected chi connectivity index (χ0v) is 21.3. The van der Waals surface area contributed by atoms with Crippen LogP contribution in [0.3, 0.4) is 0 Å². The van der Waals surface area contributed by atoms with Gasteiger partial charge in [-0.05, 0) is 50.9 Å². The van der Waals surface area contributed by atoms with Gasteiger partial charge in [-0.3, -0.25) is 0 Å². The van der Waals surface area contributed by atoms with Crippen LogP contribution in [-0.2, 0) is 12.8 Å². The Morgan fingerprint density at radius 3 is 2.97 bits per heavy atom. The van der Waals surface area contributed by atoms with E-state index in [1.807, 2.05) is 18.3 Å². The third-order valence-electron chi connectivity index (χ3n) is 7.67. The largest absolute Gasteiger partial charge is 0.492 e. The van der Waals surface area contributed by atoms with Gasteiger partial charge in [-0.25, -0.2) is 14.5 Å². The average Bonchev–Trinajstić information content (AvgIpc) is 3.49. The number of likely N-dealkylation sites (N-methyl/N-ethyl adjacent to an activating group) is 1. The fraction of sp³-hybridized carbons (Fsp3) is 0.423. The van der Waals surface area contributed by atoms with Crippen LogP contribution >= 0.6 is 11.3 Å². The molecule has 9 heteroatoms. The monoisotopic (exact) mass is 489 g/mol. The fourth-order valence-corrected chi connectivity index (χ4v) is 6.74. The summed E-state index contributed by atoms with van der Waals surface area (Å²) in [6.07, 6.45) is 8.50. The molecule has 1 saturated heterocycles. The molecule has 5 heterocycles. The molecule has 8 nitrogen and oxygen atoms in total. The number of pyridine rings is 1. The van der Waals surface area contributed by atoms with Crippen molar-refractivity contribution in [1.29, 1.82) is 0 Å². The first kappa shape index (κ1) is 22.3. The number of aromatic nitrogens is 4. The molecule has 0 saturated carbocycles. The molecule has 0 bridgehead atoms. The minimum absolute atomic E-state index is 0.486. The third kappa shape index (κ3) is 3.83. The highest BCUT2D eigenvalue weighted by Gasteiger charge is 2.30. The maximum atomic E-state index is 5.73. The fourth-order valence-electron chi connectivity index (χ4n) is 5.47. The highest BCUT2D eigenvalue weighted by Crippen LogP contribution is 2.43. The van der Waals surface area contributed by atoms with Gasteiger partial charge in [-0.2, -0.15) is 5.10 Å². The van der Waals surface area contributed by atoms with Crippen molar-refractivity contribution in [3.63, 3.8) is 0 Å². The molecule has 2 aliphatic rings. The number of anilines is 2. The lowest BCUT2D eigenvalue weighted by Crippen LogP contribution is -2.50. The molecule has 35 heavy (non-hydrogen) atoms. The van der Waals surface area contributed by atoms with Crippen molar-refractivity contribution in [2.45, 2.75) is 32.2 Å². The Labute approximate surface area is 209 Å². The number of allylic oxidation sites excluding steroid dienone is 1. The van der Waals surface area contributed by atoms with Crippen molar-refractivity contribution in [2.75, 3.05) is 39.1 Å². The number of nitrogens with one attached hydrogen (secondary N) is 1. The number of nitrogens with zero attached hydrogens (tertiary/aromatic N) is 6. The van der Waals surface area contributed by atoms with Crippen LogP contribution in [0.15, 0.2) is 43.1 Å². The lowest BCUT2D eigenvalue weighted by molar-refractivity contribution is 0.120. The number of hydrogen-bond acceptors (Lipinski definition) is 8. The minimum atomic E-state index is 0.486. The number of rotatable bonds is 5. The molecule has 1 fully saturated rings. The van der Waals surface area contributed by atoms with E-state index in [4.69, 9.17) is 4.74 Å². The van der Waals surface area contributed by atoms with Gasteiger partial charge >= 0.3 is 0 Å². The standard InChI is InChI=1S/C26H31N7OS/c1-16-14-32(12-11-31(16)3)17(2)18-5-6-19-22(13-18)35-26-23(19)25(27-15-28-26)30-20-8-10-33-21(7-9-29-33)24(20)34-4/h7-10,15-16,18H,2,5-6,11-14H2,1,3-4H3,(H,27,28,30)/t16-,18-/m0/s1. The minimum Gasteiger partial charge on any atom is -0.492 e. The van der Waals surface area contributed by atoms with Gasteiger partial charge in [0.05, 0.1) is 24.4 Å². The summed E-state index contributed by atoms with van der Waals surface area (Å²) in [5.41, 5.74) is 4.46. The van der Waals surface area contributed by atoms with Gasteiger partial charge < -0.3 is 19.9 Å². The Morgan fingerprint density at radius 1 is 1.26 bits per heavy atom. The molecular formula is C26H31N7OS. The number of ether oxygens (including phenoxy) is 1. The van der Waals surface area contributed by atoms with E-state index < -0.39 is 0 Å². The molecular weight excluding hydrogens is 458 g/mol. The maximum Gasteiger partial charge on any atom is 0.168 e. The Bertz CT molecular complexity index is 1410. The first-order chi connectivity index (χ1) is 17.0. The molecule has 1 aliphatic carbocycles. The number of aryl methyl sites for hydroxylation is 1. The van der Waals surface area contributed by atoms with E-state index >= 15 is 0 Å². The van der Waals surface area contributed by atoms with Crippen LogP contribution in [0.5, 0.6) is 5.75 Å². The van der Waals surface area contributed by atoms with Gasteiger partial charge in [-0.15, -0.1) is 11.3 Å². The van der Waals surface area contributed by atoms with E-state index in [0.717, 1.165) is 71.9 Å². The molecule has 0 radical (unpaired) electrons. The molecule has 0 aromatic carbocycles. The smallest absolute Gasteiger partial charge is 0.168 e. The predicted molar refractivity (Wildman–Crippen MR) is 141 cm³/mol. The van der Waals surface area contributed by atoms with Crippen LogP contribution in [0.1, 0.15) is 23.8 Å². The van der Waals surface area contributed by atoms with Gasteiger partial charge in [0.2, 0.25) is 0 Å². The highest BCUT2D eigenvalue weighted by molar-refractivity contribution is 7.19. The second kappa shape index (κ2) is 8.80. The van der Waals surface area contributed by atoms with E-state index in [0.29, 0.717) is 12.0 Å². The quantitative estimate of drug-likeness (QED) is 0.447. The van der Waals surface area contributed by atoms with Crippen LogP contribution in [-0.4, -0.2) is 69.2 Å². The SMILES string of the molecule is C=C([C@H]1CCc2c(sc3ncnc(Nc4ccn5nccc5c4OC)c23)C1)N1CCN(C)[C@@H](C)C1. The van der Waals surface area contributed by atoms with Gasteiger partial charge in [-0.1, -0.05) is 6.58 Å². The van der Waals surface area contributed by atoms with E-state index in [9.17, 15) is 0 Å². The first-order valence-electron chi connectivity index (χ1n) is 12.2. The normalized spacial score (nSPS) is 20.8. The second-order valence-corrected chi connectivity index (χ2v) is 10.7. The number of methoxy groups -OCH3 is 1. The lowest BCUT2D eigenvalue weighted by atomic mass is 9.85. The Hall–Kier alpha value is -3.17. The number of fused-ring (bicyclic) bond motifs is 4. The Balaban J connectivity index is 1.29. The summed E-state index contributed by atoms with van der Waals surface area (Å²) in [4.78, 5) is 16.7. The van der Waals surface area contributed by atoms with Crippen molar-refractivity contribution in [2.24, 2.45) is 5.92 Å². The topological polar surface area (TPSA) is 70.8 Å². The predicted octanol–water partition coefficient (Wildman–Crippen LogP) is 4.35. The summed E-state index contributed by atoms with van der Waals surface area (Å²) < 4.78 is 7.53. The number of thiophene rings is 1. The van der Waals surface area contributed by atoms with Gasteiger partial charge in [0, 0.05) is 48.4 Å². The summed E-state index contributed by atoms with van der Waals surface area (Å²) in [6.45, 7) is 10.1. The summed E-state index contributed by atoms with van der Waals surface area (Å²) in [5.74, 6) is 2.07. The lowest BCUT2D eigenvalue weighted by Gasteiger charge is -2.42. The molecule has 0 amide bonds. The first-order valence-corrected chi connectivity index (χ1v) is 13.0. The van der Waals surface area contributed by atoms with E-state index in [1.165, 1.54) is 16.1 Å². The van der Waals surface area contributed by atoms with Crippen LogP contribution in [0.2, 0.25) is 0 Å². The highest BCUT2D eigenvalue weighted by atomic mass is 32.1. The molecule has 0 unspecified atom stereocenters. The van der Waals surface area contributed by atoms with Crippen molar-refractivity contribution >= 4 is 38.6 Å². The average molecular weight is 490 g/mol. The van der Waals surface area contributed by atoms with Gasteiger partial charge in [0.15, 0.2) is 5.75 Å². The zero-order valence-electron chi connectivity index (χ0n) is 20.5. The number of hydrogen-bond donors (Lipinski definition) is 1. The molecule has 6 rings (SSSR count). The summed E-state index contributed by atoms with van der Waals surface area (Å²) >= 11 is 1.80. The van der Waals surface area contributed by atoms with E-state index in [2.05, 4.69) is 50.7 Å². The second-order valence-electron chi connectivity index (χ2n) is 9.66. The Kier molecular flexibility index (Phi) is 5.61. The molecule has 182 valence electrons.